The molecule has 0 fully saturated rings. The van der Waals surface area contributed by atoms with Crippen molar-refractivity contribution in [3.8, 4) is 17.6 Å². The molecule has 0 aliphatic heterocycles. The molecule has 148 valence electrons. The number of halogens is 6. The van der Waals surface area contributed by atoms with E-state index in [9.17, 15) is 27.1 Å². The van der Waals surface area contributed by atoms with Crippen LogP contribution >= 0.6 is 0 Å². The second-order valence-corrected chi connectivity index (χ2v) is 7.38. The third-order valence-corrected chi connectivity index (χ3v) is 5.59. The molecule has 31 heavy (non-hydrogen) atoms. The molecule has 2 aromatic rings. The Bertz CT molecular complexity index is 1210. The molecule has 0 saturated heterocycles. The summed E-state index contributed by atoms with van der Waals surface area (Å²) >= 11 is 0. The quantitative estimate of drug-likeness (QED) is 0.564. The number of ether oxygens (including phenoxy) is 1. The molecule has 1 N–H and O–H groups in total. The lowest BCUT2D eigenvalue weighted by Crippen LogP contribution is -2.49. The lowest BCUT2D eigenvalue weighted by atomic mass is 9.74. The van der Waals surface area contributed by atoms with Crippen molar-refractivity contribution in [2.45, 2.75) is 29.4 Å². The van der Waals surface area contributed by atoms with E-state index < -0.39 is 85.4 Å². The highest BCUT2D eigenvalue weighted by molar-refractivity contribution is 6.47. The van der Waals surface area contributed by atoms with Crippen LogP contribution in [0.3, 0.4) is 0 Å². The van der Waals surface area contributed by atoms with Gasteiger partial charge in [-0.2, -0.15) is 22.8 Å². The van der Waals surface area contributed by atoms with E-state index in [-0.39, 0.29) is 0 Å². The van der Waals surface area contributed by atoms with E-state index in [1.54, 1.807) is 0 Å². The molecule has 0 spiro atoms. The summed E-state index contributed by atoms with van der Waals surface area (Å²) in [5.41, 5.74) is -13.0. The van der Waals surface area contributed by atoms with Gasteiger partial charge in [0.15, 0.2) is 5.60 Å². The molecule has 2 aliphatic rings. The molecule has 0 unspecified atom stereocenters. The second-order valence-electron chi connectivity index (χ2n) is 7.38. The third kappa shape index (κ3) is 2.40. The van der Waals surface area contributed by atoms with Crippen LogP contribution in [0.5, 0.6) is 11.5 Å². The molecular formula is C18H5B4F6NO2. The molecule has 2 aliphatic carbocycles. The maximum Gasteiger partial charge on any atom is 0.346 e. The third-order valence-electron chi connectivity index (χ3n) is 5.59. The summed E-state index contributed by atoms with van der Waals surface area (Å²) in [5.74, 6) is -12.7. The number of nitrogens with zero attached hydrogens (tertiary/aromatic N) is 1. The molecule has 2 aromatic carbocycles. The van der Waals surface area contributed by atoms with Crippen LogP contribution < -0.4 is 21.1 Å². The zero-order valence-corrected chi connectivity index (χ0v) is 15.2. The van der Waals surface area contributed by atoms with Crippen LogP contribution in [-0.2, 0) is 17.1 Å². The van der Waals surface area contributed by atoms with Gasteiger partial charge in [-0.15, -0.1) is 0 Å². The van der Waals surface area contributed by atoms with Gasteiger partial charge in [0.05, 0.1) is 11.6 Å². The van der Waals surface area contributed by atoms with E-state index in [2.05, 4.69) is 0 Å². The fourth-order valence-electron chi connectivity index (χ4n) is 4.12. The van der Waals surface area contributed by atoms with Crippen LogP contribution in [0, 0.1) is 17.1 Å². The smallest absolute Gasteiger partial charge is 0.346 e. The largest absolute Gasteiger partial charge is 0.458 e. The maximum atomic E-state index is 15.1. The molecule has 0 amide bonds. The van der Waals surface area contributed by atoms with Crippen molar-refractivity contribution >= 4 is 47.8 Å². The first-order valence-electron chi connectivity index (χ1n) is 8.51. The van der Waals surface area contributed by atoms with Gasteiger partial charge < -0.3 is 9.84 Å². The number of nitriles is 1. The minimum Gasteiger partial charge on any atom is -0.458 e. The minimum atomic E-state index is -5.08. The first-order chi connectivity index (χ1) is 14.1. The number of hydrogen-bond acceptors (Lipinski definition) is 3. The van der Waals surface area contributed by atoms with Crippen molar-refractivity contribution in [3.63, 3.8) is 0 Å². The lowest BCUT2D eigenvalue weighted by Gasteiger charge is -2.32. The van der Waals surface area contributed by atoms with Gasteiger partial charge in [-0.3, -0.25) is 0 Å². The molecule has 0 aromatic heterocycles. The topological polar surface area (TPSA) is 53.2 Å². The van der Waals surface area contributed by atoms with E-state index in [1.165, 1.54) is 6.07 Å². The molecular weight excluding hydrogens is 419 g/mol. The molecule has 0 heterocycles. The Morgan fingerprint density at radius 3 is 2.19 bits per heavy atom. The number of hydrogen-bond donors (Lipinski definition) is 1. The Morgan fingerprint density at radius 2 is 1.61 bits per heavy atom. The number of benzene rings is 2. The highest BCUT2D eigenvalue weighted by atomic mass is 19.3. The van der Waals surface area contributed by atoms with Gasteiger partial charge in [-0.1, -0.05) is 0 Å². The molecule has 0 bridgehead atoms. The predicted molar refractivity (Wildman–Crippen MR) is 99.7 cm³/mol. The van der Waals surface area contributed by atoms with Crippen LogP contribution in [-0.4, -0.2) is 42.4 Å². The van der Waals surface area contributed by atoms with Crippen LogP contribution in [0.2, 0.25) is 0 Å². The van der Waals surface area contributed by atoms with Gasteiger partial charge >= 0.3 is 11.8 Å². The first-order valence-corrected chi connectivity index (χ1v) is 8.51. The number of aliphatic hydroxyl groups is 1. The number of alkyl halides is 5. The summed E-state index contributed by atoms with van der Waals surface area (Å²) < 4.78 is 92.1. The zero-order valence-electron chi connectivity index (χ0n) is 15.2. The molecule has 2 atom stereocenters. The standard InChI is InChI=1S/C18H5B4F6NO2/c19-10-5(3-29)11(20)14(12(21)13(10)23)31-7-2-1-6-8-9(7)16(22,24)4-15(8,30)18(27,28)17(6,25)26/h1-2,30H,4H2/t15-,16+/m1/s1. The van der Waals surface area contributed by atoms with Crippen molar-refractivity contribution in [1.82, 2.24) is 0 Å². The van der Waals surface area contributed by atoms with Crippen LogP contribution in [0.4, 0.5) is 26.3 Å². The van der Waals surface area contributed by atoms with Gasteiger partial charge in [0.25, 0.3) is 0 Å². The summed E-state index contributed by atoms with van der Waals surface area (Å²) in [7, 11) is 22.1. The van der Waals surface area contributed by atoms with Crippen molar-refractivity contribution in [2.75, 3.05) is 0 Å². The first kappa shape index (κ1) is 21.8. The Hall–Kier alpha value is -2.47. The van der Waals surface area contributed by atoms with E-state index in [4.69, 9.17) is 41.4 Å². The minimum absolute atomic E-state index is 0.493. The van der Waals surface area contributed by atoms with E-state index in [0.717, 1.165) is 0 Å². The second kappa shape index (κ2) is 6.06. The van der Waals surface area contributed by atoms with Crippen LogP contribution in [0.25, 0.3) is 0 Å². The van der Waals surface area contributed by atoms with Crippen molar-refractivity contribution < 1.29 is 36.2 Å². The monoisotopic (exact) mass is 425 g/mol. The fraction of sp³-hybridized carbons (Fsp3) is 0.278. The Balaban J connectivity index is 1.99. The van der Waals surface area contributed by atoms with Gasteiger partial charge in [0.1, 0.15) is 48.7 Å². The zero-order chi connectivity index (χ0) is 23.3. The SMILES string of the molecule is [B]c1c(F)c([B])c(Oc2ccc3c4c2[C@@]([B])(F)C[C@]4(O)C(F)(F)C3(F)F)c([B])c1C#N. The van der Waals surface area contributed by atoms with Crippen molar-refractivity contribution in [2.24, 2.45) is 0 Å². The lowest BCUT2D eigenvalue weighted by molar-refractivity contribution is -0.288. The summed E-state index contributed by atoms with van der Waals surface area (Å²) in [4.78, 5) is 0. The molecule has 0 saturated carbocycles. The summed E-state index contributed by atoms with van der Waals surface area (Å²) in [6.07, 6.45) is -1.60. The molecule has 4 rings (SSSR count). The summed E-state index contributed by atoms with van der Waals surface area (Å²) in [6.45, 7) is 0. The fourth-order valence-corrected chi connectivity index (χ4v) is 4.12. The molecule has 13 heteroatoms. The average molecular weight is 424 g/mol. The van der Waals surface area contributed by atoms with E-state index in [1.807, 2.05) is 0 Å². The summed E-state index contributed by atoms with van der Waals surface area (Å²) in [6, 6.07) is 2.69. The molecule has 3 nitrogen and oxygen atoms in total. The van der Waals surface area contributed by atoms with Gasteiger partial charge in [-0.25, -0.2) is 8.78 Å². The normalized spacial score (nSPS) is 27.0. The van der Waals surface area contributed by atoms with Crippen LogP contribution in [0.15, 0.2) is 12.1 Å². The van der Waals surface area contributed by atoms with Gasteiger partial charge in [0.2, 0.25) is 0 Å². The maximum absolute atomic E-state index is 15.1. The number of rotatable bonds is 2. The summed E-state index contributed by atoms with van der Waals surface area (Å²) in [5, 5.41) is 19.5. The van der Waals surface area contributed by atoms with Crippen LogP contribution in [0.1, 0.15) is 28.7 Å². The van der Waals surface area contributed by atoms with Crippen molar-refractivity contribution in [1.29, 1.82) is 5.26 Å². The average Bonchev–Trinajstić information content (AvgIpc) is 2.96. The van der Waals surface area contributed by atoms with Gasteiger partial charge in [0, 0.05) is 28.7 Å². The highest BCUT2D eigenvalue weighted by Crippen LogP contribution is 2.69. The Morgan fingerprint density at radius 1 is 1.00 bits per heavy atom. The van der Waals surface area contributed by atoms with E-state index >= 15 is 4.39 Å². The molecule has 8 radical (unpaired) electrons. The Labute approximate surface area is 177 Å². The highest BCUT2D eigenvalue weighted by Gasteiger charge is 2.80. The predicted octanol–water partition coefficient (Wildman–Crippen LogP) is 0.494. The van der Waals surface area contributed by atoms with Gasteiger partial charge in [-0.05, 0) is 28.5 Å². The Kier molecular flexibility index (Phi) is 4.25. The van der Waals surface area contributed by atoms with Crippen molar-refractivity contribution in [3.05, 3.63) is 40.2 Å². The van der Waals surface area contributed by atoms with E-state index in [0.29, 0.717) is 12.1 Å².